The van der Waals surface area contributed by atoms with Crippen molar-refractivity contribution in [3.8, 4) is 0 Å². The standard InChI is InChI=1S/C21H29N3O2/c1-2-6-23-19-5-3-4-17(24-19)18(25)9-16-14-7-13-8-15(16)12-21(10-13,11-14)20(22)26/h3-5,13-16H,2,6-12H2,1H3,(H2,22,26)(H,23,24). The fourth-order valence-electron chi connectivity index (χ4n) is 6.02. The molecule has 1 heterocycles. The highest BCUT2D eigenvalue weighted by Gasteiger charge is 2.57. The number of nitrogens with two attached hydrogens (primary N) is 1. The second-order valence-corrected chi connectivity index (χ2v) is 8.74. The number of nitrogens with one attached hydrogen (secondary N) is 1. The summed E-state index contributed by atoms with van der Waals surface area (Å²) < 4.78 is 0. The molecule has 4 bridgehead atoms. The average molecular weight is 355 g/mol. The first-order chi connectivity index (χ1) is 12.5. The van der Waals surface area contributed by atoms with Crippen molar-refractivity contribution in [3.63, 3.8) is 0 Å². The van der Waals surface area contributed by atoms with E-state index >= 15 is 0 Å². The van der Waals surface area contributed by atoms with Gasteiger partial charge in [-0.15, -0.1) is 0 Å². The molecule has 0 radical (unpaired) electrons. The second kappa shape index (κ2) is 6.67. The minimum Gasteiger partial charge on any atom is -0.370 e. The molecule has 5 heteroatoms. The molecule has 5 rings (SSSR count). The quantitative estimate of drug-likeness (QED) is 0.734. The van der Waals surface area contributed by atoms with Crippen LogP contribution in [0.2, 0.25) is 0 Å². The molecule has 26 heavy (non-hydrogen) atoms. The van der Waals surface area contributed by atoms with Crippen LogP contribution in [0.15, 0.2) is 18.2 Å². The molecule has 1 aromatic rings. The van der Waals surface area contributed by atoms with Crippen molar-refractivity contribution in [2.75, 3.05) is 11.9 Å². The van der Waals surface area contributed by atoms with Crippen LogP contribution >= 0.6 is 0 Å². The van der Waals surface area contributed by atoms with Gasteiger partial charge in [0, 0.05) is 18.4 Å². The van der Waals surface area contributed by atoms with Gasteiger partial charge in [-0.3, -0.25) is 9.59 Å². The molecule has 0 aromatic carbocycles. The number of carbonyl (C=O) groups excluding carboxylic acids is 2. The predicted molar refractivity (Wildman–Crippen MR) is 101 cm³/mol. The van der Waals surface area contributed by atoms with Crippen molar-refractivity contribution in [1.82, 2.24) is 4.98 Å². The largest absolute Gasteiger partial charge is 0.370 e. The molecule has 5 nitrogen and oxygen atoms in total. The highest BCUT2D eigenvalue weighted by atomic mass is 16.1. The van der Waals surface area contributed by atoms with Crippen molar-refractivity contribution in [2.45, 2.75) is 51.9 Å². The first-order valence-electron chi connectivity index (χ1n) is 10.0. The van der Waals surface area contributed by atoms with Gasteiger partial charge in [-0.2, -0.15) is 0 Å². The van der Waals surface area contributed by atoms with Gasteiger partial charge < -0.3 is 11.1 Å². The summed E-state index contributed by atoms with van der Waals surface area (Å²) in [6.45, 7) is 2.96. The summed E-state index contributed by atoms with van der Waals surface area (Å²) in [7, 11) is 0. The Hall–Kier alpha value is -1.91. The van der Waals surface area contributed by atoms with E-state index in [1.165, 1.54) is 0 Å². The lowest BCUT2D eigenvalue weighted by atomic mass is 9.45. The summed E-state index contributed by atoms with van der Waals surface area (Å²) in [5.41, 5.74) is 6.04. The highest BCUT2D eigenvalue weighted by molar-refractivity contribution is 5.94. The number of hydrogen-bond donors (Lipinski definition) is 2. The highest BCUT2D eigenvalue weighted by Crippen LogP contribution is 2.62. The normalized spacial score (nSPS) is 34.7. The second-order valence-electron chi connectivity index (χ2n) is 8.74. The van der Waals surface area contributed by atoms with Crippen molar-refractivity contribution < 1.29 is 9.59 Å². The molecule has 2 atom stereocenters. The predicted octanol–water partition coefficient (Wildman–Crippen LogP) is 3.40. The van der Waals surface area contributed by atoms with Crippen molar-refractivity contribution >= 4 is 17.5 Å². The maximum absolute atomic E-state index is 12.9. The molecular weight excluding hydrogens is 326 g/mol. The lowest BCUT2D eigenvalue weighted by Gasteiger charge is -2.58. The van der Waals surface area contributed by atoms with Gasteiger partial charge in [0.15, 0.2) is 5.78 Å². The van der Waals surface area contributed by atoms with E-state index in [0.29, 0.717) is 35.8 Å². The fraction of sp³-hybridized carbons (Fsp3) is 0.667. The number of carbonyl (C=O) groups is 2. The van der Waals surface area contributed by atoms with Gasteiger partial charge >= 0.3 is 0 Å². The average Bonchev–Trinajstić information content (AvgIpc) is 2.62. The van der Waals surface area contributed by atoms with Crippen LogP contribution in [0.1, 0.15) is 62.4 Å². The van der Waals surface area contributed by atoms with Crippen molar-refractivity contribution in [3.05, 3.63) is 23.9 Å². The maximum Gasteiger partial charge on any atom is 0.223 e. The monoisotopic (exact) mass is 355 g/mol. The van der Waals surface area contributed by atoms with E-state index < -0.39 is 0 Å². The van der Waals surface area contributed by atoms with E-state index in [0.717, 1.165) is 50.9 Å². The Kier molecular flexibility index (Phi) is 4.49. The summed E-state index contributed by atoms with van der Waals surface area (Å²) in [6, 6.07) is 5.63. The van der Waals surface area contributed by atoms with Gasteiger partial charge in [0.05, 0.1) is 0 Å². The Bertz CT molecular complexity index is 701. The van der Waals surface area contributed by atoms with E-state index in [1.807, 2.05) is 18.2 Å². The summed E-state index contributed by atoms with van der Waals surface area (Å²) in [6.07, 6.45) is 6.65. The Balaban J connectivity index is 1.47. The number of anilines is 1. The summed E-state index contributed by atoms with van der Waals surface area (Å²) >= 11 is 0. The lowest BCUT2D eigenvalue weighted by Crippen LogP contribution is -2.56. The molecule has 1 amide bonds. The molecule has 140 valence electrons. The fourth-order valence-corrected chi connectivity index (χ4v) is 6.02. The Morgan fingerprint density at radius 2 is 1.96 bits per heavy atom. The molecule has 4 aliphatic carbocycles. The van der Waals surface area contributed by atoms with E-state index in [1.54, 1.807) is 0 Å². The van der Waals surface area contributed by atoms with E-state index in [-0.39, 0.29) is 17.1 Å². The van der Waals surface area contributed by atoms with Gasteiger partial charge in [0.1, 0.15) is 11.5 Å². The number of rotatable bonds is 7. The van der Waals surface area contributed by atoms with Crippen LogP contribution < -0.4 is 11.1 Å². The van der Waals surface area contributed by atoms with Crippen LogP contribution in [0.3, 0.4) is 0 Å². The third-order valence-electron chi connectivity index (χ3n) is 7.00. The third-order valence-corrected chi connectivity index (χ3v) is 7.00. The summed E-state index contributed by atoms with van der Waals surface area (Å²) in [4.78, 5) is 29.5. The number of amides is 1. The van der Waals surface area contributed by atoms with Crippen LogP contribution in [-0.4, -0.2) is 23.2 Å². The van der Waals surface area contributed by atoms with Gasteiger partial charge in [-0.25, -0.2) is 4.98 Å². The van der Waals surface area contributed by atoms with Crippen LogP contribution in [0.4, 0.5) is 5.82 Å². The molecule has 4 saturated carbocycles. The SMILES string of the molecule is CCCNc1cccc(C(=O)CC2C3CC4CC2CC(C(N)=O)(C4)C3)n1. The van der Waals surface area contributed by atoms with Crippen molar-refractivity contribution in [1.29, 1.82) is 0 Å². The molecule has 0 spiro atoms. The molecule has 1 aromatic heterocycles. The van der Waals surface area contributed by atoms with Crippen LogP contribution in [0, 0.1) is 29.1 Å². The zero-order valence-corrected chi connectivity index (χ0v) is 15.5. The number of primary amides is 1. The molecule has 4 aliphatic rings. The number of pyridine rings is 1. The minimum atomic E-state index is -0.279. The Labute approximate surface area is 155 Å². The Morgan fingerprint density at radius 3 is 2.62 bits per heavy atom. The van der Waals surface area contributed by atoms with Gasteiger partial charge in [-0.1, -0.05) is 13.0 Å². The first-order valence-corrected chi connectivity index (χ1v) is 10.0. The number of hydrogen-bond acceptors (Lipinski definition) is 4. The van der Waals surface area contributed by atoms with Gasteiger partial charge in [-0.05, 0) is 74.3 Å². The van der Waals surface area contributed by atoms with Crippen molar-refractivity contribution in [2.24, 2.45) is 34.8 Å². The zero-order valence-electron chi connectivity index (χ0n) is 15.5. The minimum absolute atomic E-state index is 0.113. The van der Waals surface area contributed by atoms with Gasteiger partial charge in [0.2, 0.25) is 5.91 Å². The molecular formula is C21H29N3O2. The first kappa shape index (κ1) is 17.5. The maximum atomic E-state index is 12.9. The lowest BCUT2D eigenvalue weighted by molar-refractivity contribution is -0.149. The number of Topliss-reactive ketones (excluding diaryl/α,β-unsaturated/α-hetero) is 1. The smallest absolute Gasteiger partial charge is 0.223 e. The summed E-state index contributed by atoms with van der Waals surface area (Å²) in [5, 5.41) is 3.25. The number of aromatic nitrogens is 1. The molecule has 3 N–H and O–H groups in total. The van der Waals surface area contributed by atoms with Crippen LogP contribution in [0.5, 0.6) is 0 Å². The van der Waals surface area contributed by atoms with Gasteiger partial charge in [0.25, 0.3) is 0 Å². The van der Waals surface area contributed by atoms with Crippen LogP contribution in [-0.2, 0) is 4.79 Å². The van der Waals surface area contributed by atoms with Crippen LogP contribution in [0.25, 0.3) is 0 Å². The van der Waals surface area contributed by atoms with E-state index in [2.05, 4.69) is 17.2 Å². The van der Waals surface area contributed by atoms with E-state index in [9.17, 15) is 9.59 Å². The molecule has 0 saturated heterocycles. The topological polar surface area (TPSA) is 85.1 Å². The zero-order chi connectivity index (χ0) is 18.3. The molecule has 0 aliphatic heterocycles. The molecule has 2 unspecified atom stereocenters. The third kappa shape index (κ3) is 3.01. The number of nitrogens with zero attached hydrogens (tertiary/aromatic N) is 1. The number of ketones is 1. The Morgan fingerprint density at radius 1 is 1.23 bits per heavy atom. The molecule has 4 fully saturated rings. The van der Waals surface area contributed by atoms with E-state index in [4.69, 9.17) is 5.73 Å². The summed E-state index contributed by atoms with van der Waals surface area (Å²) in [5.74, 6) is 2.76.